The summed E-state index contributed by atoms with van der Waals surface area (Å²) in [6.07, 6.45) is 0.743. The monoisotopic (exact) mass is 773 g/mol. The van der Waals surface area contributed by atoms with Crippen LogP contribution in [0.5, 0.6) is 6.01 Å². The first-order valence-corrected chi connectivity index (χ1v) is 18.7. The van der Waals surface area contributed by atoms with E-state index >= 15 is 4.39 Å². The highest BCUT2D eigenvalue weighted by atomic mass is 35.5. The van der Waals surface area contributed by atoms with Gasteiger partial charge in [0.1, 0.15) is 46.9 Å². The number of carbonyl (C=O) groups is 1. The predicted octanol–water partition coefficient (Wildman–Crippen LogP) is 6.32. The molecule has 1 spiro atoms. The molecule has 53 heavy (non-hydrogen) atoms. The quantitative estimate of drug-likeness (QED) is 0.225. The summed E-state index contributed by atoms with van der Waals surface area (Å²) in [5.41, 5.74) is 4.40. The van der Waals surface area contributed by atoms with E-state index in [4.69, 9.17) is 31.8 Å². The number of nitrogens with two attached hydrogens (primary N) is 1. The number of nitriles is 1. The van der Waals surface area contributed by atoms with Gasteiger partial charge < -0.3 is 25.0 Å². The maximum Gasteiger partial charge on any atom is 0.319 e. The summed E-state index contributed by atoms with van der Waals surface area (Å²) >= 11 is 7.74. The molecule has 1 aliphatic carbocycles. The van der Waals surface area contributed by atoms with Gasteiger partial charge in [-0.1, -0.05) is 17.7 Å². The van der Waals surface area contributed by atoms with Gasteiger partial charge in [-0.3, -0.25) is 9.69 Å². The molecule has 2 aromatic heterocycles. The summed E-state index contributed by atoms with van der Waals surface area (Å²) in [5, 5.41) is 10.2. The molecule has 1 saturated carbocycles. The fraction of sp³-hybridized carbons (Fsp3) is 0.500. The second-order valence-electron chi connectivity index (χ2n) is 14.8. The number of fused-ring (bicyclic) bond motifs is 3. The minimum absolute atomic E-state index is 0.00862. The second-order valence-corrected chi connectivity index (χ2v) is 16.3. The van der Waals surface area contributed by atoms with Gasteiger partial charge in [0.05, 0.1) is 39.6 Å². The third kappa shape index (κ3) is 5.40. The Balaban J connectivity index is 1.16. The van der Waals surface area contributed by atoms with E-state index in [1.807, 2.05) is 11.0 Å². The smallest absolute Gasteiger partial charge is 0.319 e. The molecule has 4 saturated heterocycles. The molecule has 4 aromatic rings. The molecule has 5 aliphatic rings. The van der Waals surface area contributed by atoms with Crippen LogP contribution in [0.25, 0.3) is 32.1 Å². The van der Waals surface area contributed by atoms with E-state index in [0.717, 1.165) is 30.4 Å². The first kappa shape index (κ1) is 34.7. The molecule has 4 atom stereocenters. The van der Waals surface area contributed by atoms with Crippen molar-refractivity contribution in [1.29, 1.82) is 5.26 Å². The number of aromatic nitrogens is 2. The second kappa shape index (κ2) is 12.2. The average molecular weight is 774 g/mol. The Morgan fingerprint density at radius 2 is 2.00 bits per heavy atom. The van der Waals surface area contributed by atoms with Gasteiger partial charge in [0.15, 0.2) is 5.82 Å². The Bertz CT molecular complexity index is 2250. The van der Waals surface area contributed by atoms with Crippen molar-refractivity contribution in [3.63, 3.8) is 0 Å². The Morgan fingerprint density at radius 3 is 2.77 bits per heavy atom. The summed E-state index contributed by atoms with van der Waals surface area (Å²) in [7, 11) is 0. The molecule has 0 bridgehead atoms. The molecular weight excluding hydrogens is 741 g/mol. The number of benzene rings is 2. The van der Waals surface area contributed by atoms with E-state index in [2.05, 4.69) is 9.88 Å². The van der Waals surface area contributed by atoms with Gasteiger partial charge in [0.25, 0.3) is 5.92 Å². The van der Waals surface area contributed by atoms with Crippen molar-refractivity contribution in [3.05, 3.63) is 40.4 Å². The van der Waals surface area contributed by atoms with Gasteiger partial charge in [0, 0.05) is 55.4 Å². The first-order chi connectivity index (χ1) is 25.3. The van der Waals surface area contributed by atoms with E-state index in [9.17, 15) is 27.6 Å². The largest absolute Gasteiger partial charge is 0.461 e. The number of rotatable bonds is 6. The zero-order valence-corrected chi connectivity index (χ0v) is 29.8. The Morgan fingerprint density at radius 1 is 1.19 bits per heavy atom. The van der Waals surface area contributed by atoms with Gasteiger partial charge in [-0.05, 0) is 43.5 Å². The van der Waals surface area contributed by atoms with Crippen LogP contribution in [0.3, 0.4) is 0 Å². The molecule has 6 heterocycles. The van der Waals surface area contributed by atoms with Gasteiger partial charge >= 0.3 is 6.01 Å². The van der Waals surface area contributed by atoms with E-state index < -0.39 is 53.1 Å². The number of halogens is 6. The lowest BCUT2D eigenvalue weighted by atomic mass is 9.95. The SMILES string of the molecule is N#Cc1c(N)sc2c(F)ccc(-c3c(Cl)cc4c(N5CCC6(COCCN6C(=O)C6CC6(F)F)C5)nc(OC[C@@]56CCCN5C[C@H](F)C6)nc4c3F)c12. The minimum atomic E-state index is -3.04. The summed E-state index contributed by atoms with van der Waals surface area (Å²) in [6.45, 7) is 2.02. The predicted molar refractivity (Wildman–Crippen MR) is 188 cm³/mol. The number of anilines is 2. The van der Waals surface area contributed by atoms with Crippen LogP contribution in [-0.2, 0) is 9.53 Å². The first-order valence-electron chi connectivity index (χ1n) is 17.5. The van der Waals surface area contributed by atoms with Crippen molar-refractivity contribution in [2.45, 2.75) is 55.3 Å². The van der Waals surface area contributed by atoms with Crippen molar-refractivity contribution in [1.82, 2.24) is 19.8 Å². The van der Waals surface area contributed by atoms with Crippen molar-refractivity contribution in [2.75, 3.05) is 63.2 Å². The normalized spacial score (nSPS) is 27.9. The molecule has 17 heteroatoms. The molecule has 2 N–H and O–H groups in total. The zero-order chi connectivity index (χ0) is 37.0. The molecule has 1 amide bonds. The summed E-state index contributed by atoms with van der Waals surface area (Å²) in [6, 6.07) is 5.81. The maximum absolute atomic E-state index is 17.2. The van der Waals surface area contributed by atoms with Gasteiger partial charge in [-0.2, -0.15) is 15.2 Å². The number of nitrogen functional groups attached to an aromatic ring is 1. The number of nitrogens with zero attached hydrogens (tertiary/aromatic N) is 6. The third-order valence-corrected chi connectivity index (χ3v) is 13.0. The topological polar surface area (TPSA) is 121 Å². The van der Waals surface area contributed by atoms with Crippen LogP contribution >= 0.6 is 22.9 Å². The third-order valence-electron chi connectivity index (χ3n) is 11.7. The molecule has 278 valence electrons. The lowest BCUT2D eigenvalue weighted by molar-refractivity contribution is -0.151. The zero-order valence-electron chi connectivity index (χ0n) is 28.2. The van der Waals surface area contributed by atoms with Gasteiger partial charge in [-0.15, -0.1) is 11.3 Å². The average Bonchev–Trinajstić information content (AvgIpc) is 3.55. The molecular formula is C36H33ClF5N7O3S. The van der Waals surface area contributed by atoms with Crippen molar-refractivity contribution in [3.8, 4) is 23.2 Å². The number of hydrogen-bond acceptors (Lipinski definition) is 10. The number of carbonyl (C=O) groups excluding carboxylic acids is 1. The summed E-state index contributed by atoms with van der Waals surface area (Å²) in [4.78, 5) is 28.0. The van der Waals surface area contributed by atoms with E-state index in [1.165, 1.54) is 17.0 Å². The van der Waals surface area contributed by atoms with Crippen LogP contribution in [0.2, 0.25) is 5.02 Å². The van der Waals surface area contributed by atoms with Crippen LogP contribution in [-0.4, -0.2) is 101 Å². The number of ether oxygens (including phenoxy) is 2. The molecule has 10 nitrogen and oxygen atoms in total. The van der Waals surface area contributed by atoms with Crippen LogP contribution < -0.4 is 15.4 Å². The highest BCUT2D eigenvalue weighted by Gasteiger charge is 2.64. The van der Waals surface area contributed by atoms with Crippen LogP contribution in [0.15, 0.2) is 18.2 Å². The standard InChI is InChI=1S/C36H33ClF5N7O3S/c37-23-10-20-28(27(40)26(23)19-2-3-24(39)29-25(19)21(13-43)30(44)53-29)45-33(52-17-34-4-1-6-48(34)14-18(38)11-34)46-31(20)47-7-5-35(15-47)16-51-9-8-49(35)32(50)22-12-36(22,41)42/h2-3,10,18,22H,1,4-9,11-12,14-17,44H2/t18-,22?,34+,35?/m1/s1. The fourth-order valence-electron chi connectivity index (χ4n) is 8.99. The number of amides is 1. The number of alkyl halides is 3. The highest BCUT2D eigenvalue weighted by molar-refractivity contribution is 7.23. The lowest BCUT2D eigenvalue weighted by Crippen LogP contribution is -2.61. The van der Waals surface area contributed by atoms with E-state index in [-0.39, 0.29) is 98.9 Å². The van der Waals surface area contributed by atoms with Crippen LogP contribution in [0.4, 0.5) is 32.8 Å². The molecule has 9 rings (SSSR count). The van der Waals surface area contributed by atoms with Crippen LogP contribution in [0.1, 0.15) is 37.7 Å². The minimum Gasteiger partial charge on any atom is -0.461 e. The lowest BCUT2D eigenvalue weighted by Gasteiger charge is -2.44. The van der Waals surface area contributed by atoms with Crippen molar-refractivity contribution >= 4 is 60.7 Å². The molecule has 2 aromatic carbocycles. The number of thiophene rings is 1. The van der Waals surface area contributed by atoms with Crippen molar-refractivity contribution < 1.29 is 36.2 Å². The molecule has 2 unspecified atom stereocenters. The summed E-state index contributed by atoms with van der Waals surface area (Å²) < 4.78 is 87.0. The number of hydrogen-bond donors (Lipinski definition) is 1. The fourth-order valence-corrected chi connectivity index (χ4v) is 10.2. The number of morpholine rings is 1. The summed E-state index contributed by atoms with van der Waals surface area (Å²) in [5.74, 6) is -6.29. The molecule has 5 fully saturated rings. The maximum atomic E-state index is 17.2. The Labute approximate surface area is 309 Å². The molecule has 4 aliphatic heterocycles. The van der Waals surface area contributed by atoms with E-state index in [1.54, 1.807) is 0 Å². The van der Waals surface area contributed by atoms with Crippen LogP contribution in [0, 0.1) is 28.9 Å². The molecule has 0 radical (unpaired) electrons. The Kier molecular flexibility index (Phi) is 8.02. The van der Waals surface area contributed by atoms with Gasteiger partial charge in [0.2, 0.25) is 5.91 Å². The Hall–Kier alpha value is -4.04. The highest BCUT2D eigenvalue weighted by Crippen LogP contribution is 2.51. The van der Waals surface area contributed by atoms with E-state index in [0.29, 0.717) is 25.9 Å². The van der Waals surface area contributed by atoms with Gasteiger partial charge in [-0.25, -0.2) is 22.0 Å². The van der Waals surface area contributed by atoms with Crippen molar-refractivity contribution in [2.24, 2.45) is 5.92 Å².